The van der Waals surface area contributed by atoms with Crippen molar-refractivity contribution in [2.45, 2.75) is 18.7 Å². The molecule has 0 aliphatic heterocycles. The van der Waals surface area contributed by atoms with Gasteiger partial charge in [0.1, 0.15) is 16.9 Å². The number of para-hydroxylation sites is 1. The summed E-state index contributed by atoms with van der Waals surface area (Å²) in [7, 11) is 0. The Morgan fingerprint density at radius 2 is 2.22 bits per heavy atom. The molecule has 2 aromatic rings. The minimum absolute atomic E-state index is 0.0904. The van der Waals surface area contributed by atoms with Crippen molar-refractivity contribution in [2.75, 3.05) is 5.75 Å². The lowest BCUT2D eigenvalue weighted by molar-refractivity contribution is 0.0697. The first kappa shape index (κ1) is 13.0. The maximum absolute atomic E-state index is 11.3. The molecule has 1 aromatic carbocycles. The van der Waals surface area contributed by atoms with E-state index in [0.29, 0.717) is 22.5 Å². The fourth-order valence-electron chi connectivity index (χ4n) is 1.77. The minimum atomic E-state index is -0.948. The molecule has 1 unspecified atom stereocenters. The van der Waals surface area contributed by atoms with Crippen LogP contribution >= 0.6 is 11.8 Å². The van der Waals surface area contributed by atoms with E-state index in [1.54, 1.807) is 23.9 Å². The van der Waals surface area contributed by atoms with Crippen LogP contribution in [0.15, 0.2) is 28.7 Å². The second kappa shape index (κ2) is 5.46. The molecule has 0 amide bonds. The number of furan rings is 1. The average molecular weight is 265 g/mol. The zero-order valence-electron chi connectivity index (χ0n) is 10.1. The monoisotopic (exact) mass is 265 g/mol. The van der Waals surface area contributed by atoms with Gasteiger partial charge in [-0.2, -0.15) is 11.8 Å². The molecule has 0 bridgehead atoms. The van der Waals surface area contributed by atoms with Crippen LogP contribution in [0.2, 0.25) is 0 Å². The molecule has 0 fully saturated rings. The van der Waals surface area contributed by atoms with E-state index >= 15 is 0 Å². The summed E-state index contributed by atoms with van der Waals surface area (Å²) in [6, 6.07) is 7.27. The zero-order chi connectivity index (χ0) is 13.1. The molecule has 2 rings (SSSR count). The standard InChI is InChI=1S/C13H15NO3S/c1-8(14)6-18-7-11-12(13(15)16)9-4-2-3-5-10(9)17-11/h2-5,8H,6-7,14H2,1H3,(H,15,16). The number of hydrogen-bond acceptors (Lipinski definition) is 4. The molecular weight excluding hydrogens is 250 g/mol. The fraction of sp³-hybridized carbons (Fsp3) is 0.308. The largest absolute Gasteiger partial charge is 0.478 e. The first-order chi connectivity index (χ1) is 8.59. The lowest BCUT2D eigenvalue weighted by Gasteiger charge is -2.03. The summed E-state index contributed by atoms with van der Waals surface area (Å²) in [6.07, 6.45) is 0. The Kier molecular flexibility index (Phi) is 3.93. The summed E-state index contributed by atoms with van der Waals surface area (Å²) in [6.45, 7) is 1.92. The topological polar surface area (TPSA) is 76.5 Å². The maximum atomic E-state index is 11.3. The van der Waals surface area contributed by atoms with E-state index in [1.165, 1.54) is 0 Å². The van der Waals surface area contributed by atoms with E-state index < -0.39 is 5.97 Å². The highest BCUT2D eigenvalue weighted by Crippen LogP contribution is 2.28. The summed E-state index contributed by atoms with van der Waals surface area (Å²) in [5, 5.41) is 9.92. The van der Waals surface area contributed by atoms with Crippen molar-refractivity contribution < 1.29 is 14.3 Å². The number of carbonyl (C=O) groups is 1. The van der Waals surface area contributed by atoms with Gasteiger partial charge < -0.3 is 15.3 Å². The number of aromatic carboxylic acids is 1. The number of benzene rings is 1. The van der Waals surface area contributed by atoms with E-state index in [1.807, 2.05) is 19.1 Å². The van der Waals surface area contributed by atoms with Gasteiger partial charge in [-0.1, -0.05) is 18.2 Å². The van der Waals surface area contributed by atoms with Gasteiger partial charge in [0.15, 0.2) is 0 Å². The highest BCUT2D eigenvalue weighted by atomic mass is 32.2. The van der Waals surface area contributed by atoms with Gasteiger partial charge in [-0.25, -0.2) is 4.79 Å². The second-order valence-electron chi connectivity index (χ2n) is 4.19. The summed E-state index contributed by atoms with van der Waals surface area (Å²) < 4.78 is 5.60. The predicted molar refractivity (Wildman–Crippen MR) is 73.0 cm³/mol. The van der Waals surface area contributed by atoms with E-state index in [2.05, 4.69) is 0 Å². The number of fused-ring (bicyclic) bond motifs is 1. The number of rotatable bonds is 5. The van der Waals surface area contributed by atoms with Crippen LogP contribution in [0.25, 0.3) is 11.0 Å². The molecule has 5 heteroatoms. The van der Waals surface area contributed by atoms with Crippen LogP contribution in [0.1, 0.15) is 23.0 Å². The third-order valence-electron chi connectivity index (χ3n) is 2.50. The molecule has 0 aliphatic carbocycles. The Morgan fingerprint density at radius 3 is 2.89 bits per heavy atom. The molecule has 3 N–H and O–H groups in total. The first-order valence-electron chi connectivity index (χ1n) is 5.66. The molecule has 1 atom stereocenters. The van der Waals surface area contributed by atoms with E-state index in [-0.39, 0.29) is 11.6 Å². The van der Waals surface area contributed by atoms with Gasteiger partial charge in [0.05, 0.1) is 5.75 Å². The van der Waals surface area contributed by atoms with Crippen molar-refractivity contribution in [1.29, 1.82) is 0 Å². The van der Waals surface area contributed by atoms with E-state index in [4.69, 9.17) is 10.2 Å². The van der Waals surface area contributed by atoms with Crippen molar-refractivity contribution in [3.05, 3.63) is 35.6 Å². The molecule has 0 saturated carbocycles. The Bertz CT molecular complexity index is 562. The zero-order valence-corrected chi connectivity index (χ0v) is 10.9. The lowest BCUT2D eigenvalue weighted by Crippen LogP contribution is -2.17. The number of carboxylic acids is 1. The third-order valence-corrected chi connectivity index (χ3v) is 3.72. The van der Waals surface area contributed by atoms with Gasteiger partial charge in [-0.15, -0.1) is 0 Å². The number of hydrogen-bond donors (Lipinski definition) is 2. The molecule has 18 heavy (non-hydrogen) atoms. The Hall–Kier alpha value is -1.46. The molecule has 4 nitrogen and oxygen atoms in total. The van der Waals surface area contributed by atoms with Crippen LogP contribution < -0.4 is 5.73 Å². The number of nitrogens with two attached hydrogens (primary N) is 1. The number of thioether (sulfide) groups is 1. The summed E-state index contributed by atoms with van der Waals surface area (Å²) >= 11 is 1.58. The van der Waals surface area contributed by atoms with E-state index in [0.717, 1.165) is 5.75 Å². The highest BCUT2D eigenvalue weighted by Gasteiger charge is 2.19. The van der Waals surface area contributed by atoms with Crippen LogP contribution in [0, 0.1) is 0 Å². The van der Waals surface area contributed by atoms with Crippen molar-refractivity contribution in [2.24, 2.45) is 5.73 Å². The summed E-state index contributed by atoms with van der Waals surface area (Å²) in [4.78, 5) is 11.3. The Morgan fingerprint density at radius 1 is 1.50 bits per heavy atom. The molecular formula is C13H15NO3S. The van der Waals surface area contributed by atoms with Gasteiger partial charge in [0, 0.05) is 17.2 Å². The maximum Gasteiger partial charge on any atom is 0.339 e. The van der Waals surface area contributed by atoms with Crippen LogP contribution in [-0.4, -0.2) is 22.9 Å². The van der Waals surface area contributed by atoms with Crippen molar-refractivity contribution >= 4 is 28.7 Å². The van der Waals surface area contributed by atoms with Gasteiger partial charge in [-0.05, 0) is 13.0 Å². The smallest absolute Gasteiger partial charge is 0.339 e. The summed E-state index contributed by atoms with van der Waals surface area (Å²) in [5.74, 6) is 0.860. The predicted octanol–water partition coefficient (Wildman–Crippen LogP) is 2.71. The van der Waals surface area contributed by atoms with Gasteiger partial charge >= 0.3 is 5.97 Å². The van der Waals surface area contributed by atoms with Crippen LogP contribution in [-0.2, 0) is 5.75 Å². The van der Waals surface area contributed by atoms with Gasteiger partial charge in [0.25, 0.3) is 0 Å². The van der Waals surface area contributed by atoms with Crippen molar-refractivity contribution in [1.82, 2.24) is 0 Å². The van der Waals surface area contributed by atoms with Crippen molar-refractivity contribution in [3.8, 4) is 0 Å². The molecule has 96 valence electrons. The SMILES string of the molecule is CC(N)CSCc1oc2ccccc2c1C(=O)O. The quantitative estimate of drug-likeness (QED) is 0.869. The molecule has 0 saturated heterocycles. The Labute approximate surface area is 109 Å². The first-order valence-corrected chi connectivity index (χ1v) is 6.82. The second-order valence-corrected chi connectivity index (χ2v) is 5.22. The van der Waals surface area contributed by atoms with Crippen LogP contribution in [0.4, 0.5) is 0 Å². The van der Waals surface area contributed by atoms with Crippen LogP contribution in [0.3, 0.4) is 0 Å². The highest BCUT2D eigenvalue weighted by molar-refractivity contribution is 7.98. The fourth-order valence-corrected chi connectivity index (χ4v) is 2.65. The van der Waals surface area contributed by atoms with E-state index in [9.17, 15) is 9.90 Å². The van der Waals surface area contributed by atoms with Crippen molar-refractivity contribution in [3.63, 3.8) is 0 Å². The molecule has 1 heterocycles. The lowest BCUT2D eigenvalue weighted by atomic mass is 10.1. The third kappa shape index (κ3) is 2.68. The van der Waals surface area contributed by atoms with Gasteiger partial charge in [-0.3, -0.25) is 0 Å². The average Bonchev–Trinajstić information content (AvgIpc) is 2.66. The molecule has 1 aromatic heterocycles. The summed E-state index contributed by atoms with van der Waals surface area (Å²) in [5.41, 5.74) is 6.55. The Balaban J connectivity index is 2.31. The molecule has 0 radical (unpaired) electrons. The molecule has 0 aliphatic rings. The normalized spacial score (nSPS) is 12.8. The van der Waals surface area contributed by atoms with Crippen LogP contribution in [0.5, 0.6) is 0 Å². The minimum Gasteiger partial charge on any atom is -0.478 e. The molecule has 0 spiro atoms. The number of carboxylic acid groups (broad SMARTS) is 1. The van der Waals surface area contributed by atoms with Gasteiger partial charge in [0.2, 0.25) is 0 Å².